The van der Waals surface area contributed by atoms with Gasteiger partial charge in [0, 0.05) is 12.7 Å². The van der Waals surface area contributed by atoms with Crippen molar-refractivity contribution in [1.82, 2.24) is 4.31 Å². The van der Waals surface area contributed by atoms with Gasteiger partial charge in [0.25, 0.3) is 0 Å². The van der Waals surface area contributed by atoms with E-state index in [9.17, 15) is 13.2 Å². The molecule has 0 saturated heterocycles. The number of sulfonamides is 1. The summed E-state index contributed by atoms with van der Waals surface area (Å²) in [4.78, 5) is 12.7. The van der Waals surface area contributed by atoms with Gasteiger partial charge in [-0.05, 0) is 62.9 Å². The molecule has 1 amide bonds. The number of amides is 1. The van der Waals surface area contributed by atoms with E-state index in [1.165, 1.54) is 7.05 Å². The quantitative estimate of drug-likeness (QED) is 0.871. The van der Waals surface area contributed by atoms with E-state index >= 15 is 0 Å². The van der Waals surface area contributed by atoms with E-state index in [2.05, 4.69) is 5.32 Å². The predicted molar refractivity (Wildman–Crippen MR) is 105 cm³/mol. The lowest BCUT2D eigenvalue weighted by Crippen LogP contribution is -2.35. The van der Waals surface area contributed by atoms with Gasteiger partial charge in [0.15, 0.2) is 0 Å². The summed E-state index contributed by atoms with van der Waals surface area (Å²) >= 11 is 0. The number of likely N-dealkylation sites (N-methyl/N-ethyl adjacent to an activating group) is 1. The largest absolute Gasteiger partial charge is 0.324 e. The Balaban J connectivity index is 2.20. The van der Waals surface area contributed by atoms with Gasteiger partial charge >= 0.3 is 0 Å². The van der Waals surface area contributed by atoms with Gasteiger partial charge in [0.05, 0.1) is 11.4 Å². The lowest BCUT2D eigenvalue weighted by atomic mass is 10.1. The summed E-state index contributed by atoms with van der Waals surface area (Å²) in [5.74, 6) is -0.364. The minimum absolute atomic E-state index is 0.232. The zero-order chi connectivity index (χ0) is 19.6. The van der Waals surface area contributed by atoms with Crippen LogP contribution in [-0.4, -0.2) is 32.2 Å². The third-order valence-corrected chi connectivity index (χ3v) is 6.28. The Kier molecular flexibility index (Phi) is 5.88. The average Bonchev–Trinajstić information content (AvgIpc) is 2.53. The first-order valence-corrected chi connectivity index (χ1v) is 9.87. The number of carbonyl (C=O) groups is 1. The van der Waals surface area contributed by atoms with Crippen LogP contribution in [0, 0.1) is 34.6 Å². The Bertz CT molecular complexity index is 927. The molecule has 0 radical (unpaired) electrons. The number of benzene rings is 2. The Labute approximate surface area is 156 Å². The van der Waals surface area contributed by atoms with Crippen LogP contribution in [0.25, 0.3) is 0 Å². The molecule has 0 aromatic heterocycles. The molecular weight excluding hydrogens is 348 g/mol. The Morgan fingerprint density at radius 3 is 2.08 bits per heavy atom. The van der Waals surface area contributed by atoms with Gasteiger partial charge in [-0.25, -0.2) is 8.42 Å². The molecule has 2 rings (SSSR count). The molecule has 26 heavy (non-hydrogen) atoms. The molecule has 0 fully saturated rings. The minimum atomic E-state index is -3.73. The van der Waals surface area contributed by atoms with E-state index < -0.39 is 10.0 Å². The van der Waals surface area contributed by atoms with E-state index in [0.717, 1.165) is 32.2 Å². The van der Waals surface area contributed by atoms with Crippen molar-refractivity contribution in [3.05, 3.63) is 58.1 Å². The van der Waals surface area contributed by atoms with Crippen LogP contribution in [-0.2, 0) is 14.8 Å². The predicted octanol–water partition coefficient (Wildman–Crippen LogP) is 3.49. The van der Waals surface area contributed by atoms with Crippen LogP contribution in [0.1, 0.15) is 27.8 Å². The van der Waals surface area contributed by atoms with Gasteiger partial charge in [0.1, 0.15) is 0 Å². The second kappa shape index (κ2) is 7.60. The number of anilines is 1. The van der Waals surface area contributed by atoms with Gasteiger partial charge < -0.3 is 5.32 Å². The Hall–Kier alpha value is -2.18. The van der Waals surface area contributed by atoms with Gasteiger partial charge in [-0.3, -0.25) is 4.79 Å². The summed E-state index contributed by atoms with van der Waals surface area (Å²) in [6.07, 6.45) is 0. The molecular formula is C20H26N2O3S. The highest BCUT2D eigenvalue weighted by molar-refractivity contribution is 7.89. The number of aryl methyl sites for hydroxylation is 5. The summed E-state index contributed by atoms with van der Waals surface area (Å²) in [5, 5.41) is 2.84. The first kappa shape index (κ1) is 20.1. The summed E-state index contributed by atoms with van der Waals surface area (Å²) < 4.78 is 26.7. The van der Waals surface area contributed by atoms with Crippen LogP contribution in [0.5, 0.6) is 0 Å². The number of carbonyl (C=O) groups excluding carboxylic acids is 1. The SMILES string of the molecule is Cc1cc(C)c(NC(=O)CN(C)S(=O)(=O)c2cc(C)ccc2C)c(C)c1. The average molecular weight is 375 g/mol. The molecule has 0 heterocycles. The number of hydrogen-bond acceptors (Lipinski definition) is 3. The van der Waals surface area contributed by atoms with Gasteiger partial charge in [-0.2, -0.15) is 4.31 Å². The maximum absolute atomic E-state index is 12.8. The summed E-state index contributed by atoms with van der Waals surface area (Å²) in [7, 11) is -2.31. The number of nitrogens with zero attached hydrogens (tertiary/aromatic N) is 1. The molecule has 2 aromatic carbocycles. The van der Waals surface area contributed by atoms with Crippen LogP contribution in [0.4, 0.5) is 5.69 Å². The highest BCUT2D eigenvalue weighted by Gasteiger charge is 2.25. The fourth-order valence-corrected chi connectivity index (χ4v) is 4.43. The van der Waals surface area contributed by atoms with Crippen molar-refractivity contribution >= 4 is 21.6 Å². The van der Waals surface area contributed by atoms with E-state index in [1.807, 2.05) is 45.9 Å². The molecule has 0 spiro atoms. The molecule has 140 valence electrons. The maximum Gasteiger partial charge on any atom is 0.243 e. The van der Waals surface area contributed by atoms with Crippen LogP contribution in [0.2, 0.25) is 0 Å². The third kappa shape index (κ3) is 4.31. The molecule has 2 aromatic rings. The van der Waals surface area contributed by atoms with Crippen molar-refractivity contribution in [2.75, 3.05) is 18.9 Å². The van der Waals surface area contributed by atoms with Crippen molar-refractivity contribution in [2.24, 2.45) is 0 Å². The molecule has 0 saturated carbocycles. The lowest BCUT2D eigenvalue weighted by molar-refractivity contribution is -0.116. The maximum atomic E-state index is 12.8. The molecule has 0 aliphatic carbocycles. The smallest absolute Gasteiger partial charge is 0.243 e. The van der Waals surface area contributed by atoms with Crippen molar-refractivity contribution < 1.29 is 13.2 Å². The topological polar surface area (TPSA) is 66.5 Å². The van der Waals surface area contributed by atoms with E-state index in [1.54, 1.807) is 19.1 Å². The monoisotopic (exact) mass is 374 g/mol. The second-order valence-electron chi connectivity index (χ2n) is 6.85. The van der Waals surface area contributed by atoms with Gasteiger partial charge in [0.2, 0.25) is 15.9 Å². The summed E-state index contributed by atoms with van der Waals surface area (Å²) in [5.41, 5.74) is 5.28. The highest BCUT2D eigenvalue weighted by Crippen LogP contribution is 2.23. The van der Waals surface area contributed by atoms with Crippen molar-refractivity contribution in [3.63, 3.8) is 0 Å². The van der Waals surface area contributed by atoms with E-state index in [0.29, 0.717) is 5.56 Å². The first-order chi connectivity index (χ1) is 12.0. The van der Waals surface area contributed by atoms with Crippen molar-refractivity contribution in [2.45, 2.75) is 39.5 Å². The van der Waals surface area contributed by atoms with Crippen LogP contribution in [0.3, 0.4) is 0 Å². The van der Waals surface area contributed by atoms with Crippen molar-refractivity contribution in [1.29, 1.82) is 0 Å². The molecule has 0 unspecified atom stereocenters. The fraction of sp³-hybridized carbons (Fsp3) is 0.350. The van der Waals surface area contributed by atoms with Gasteiger partial charge in [-0.15, -0.1) is 0 Å². The van der Waals surface area contributed by atoms with Crippen LogP contribution >= 0.6 is 0 Å². The standard InChI is InChI=1S/C20H26N2O3S/c1-13-7-8-15(3)18(11-13)26(24,25)22(6)12-19(23)21-20-16(4)9-14(2)10-17(20)5/h7-11H,12H2,1-6H3,(H,21,23). The zero-order valence-electron chi connectivity index (χ0n) is 16.2. The fourth-order valence-electron chi connectivity index (χ4n) is 3.00. The molecule has 0 aliphatic rings. The molecule has 0 bridgehead atoms. The van der Waals surface area contributed by atoms with Crippen molar-refractivity contribution in [3.8, 4) is 0 Å². The van der Waals surface area contributed by atoms with Gasteiger partial charge in [-0.1, -0.05) is 29.8 Å². The van der Waals surface area contributed by atoms with Crippen LogP contribution < -0.4 is 5.32 Å². The summed E-state index contributed by atoms with van der Waals surface area (Å²) in [6.45, 7) is 9.18. The minimum Gasteiger partial charge on any atom is -0.324 e. The number of hydrogen-bond donors (Lipinski definition) is 1. The first-order valence-electron chi connectivity index (χ1n) is 8.43. The molecule has 5 nitrogen and oxygen atoms in total. The highest BCUT2D eigenvalue weighted by atomic mass is 32.2. The Morgan fingerprint density at radius 1 is 0.923 bits per heavy atom. The molecule has 0 aliphatic heterocycles. The summed E-state index contributed by atoms with van der Waals surface area (Å²) in [6, 6.07) is 9.24. The zero-order valence-corrected chi connectivity index (χ0v) is 17.0. The van der Waals surface area contributed by atoms with E-state index in [-0.39, 0.29) is 17.3 Å². The number of nitrogens with one attached hydrogen (secondary N) is 1. The molecule has 0 atom stereocenters. The normalized spacial score (nSPS) is 11.7. The third-order valence-electron chi connectivity index (χ3n) is 4.34. The van der Waals surface area contributed by atoms with E-state index in [4.69, 9.17) is 0 Å². The lowest BCUT2D eigenvalue weighted by Gasteiger charge is -2.19. The molecule has 1 N–H and O–H groups in total. The van der Waals surface area contributed by atoms with Crippen LogP contribution in [0.15, 0.2) is 35.2 Å². The molecule has 6 heteroatoms. The number of rotatable bonds is 5. The second-order valence-corrected chi connectivity index (χ2v) is 8.87. The Morgan fingerprint density at radius 2 is 1.50 bits per heavy atom.